The molecule has 0 spiro atoms. The molecule has 0 aliphatic carbocycles. The third-order valence-electron chi connectivity index (χ3n) is 4.57. The second kappa shape index (κ2) is 8.10. The van der Waals surface area contributed by atoms with Gasteiger partial charge in [0.1, 0.15) is 0 Å². The van der Waals surface area contributed by atoms with Gasteiger partial charge in [0.25, 0.3) is 0 Å². The van der Waals surface area contributed by atoms with Crippen LogP contribution < -0.4 is 10.2 Å². The summed E-state index contributed by atoms with van der Waals surface area (Å²) in [7, 11) is 0. The van der Waals surface area contributed by atoms with Crippen molar-refractivity contribution in [2.45, 2.75) is 52.3 Å². The summed E-state index contributed by atoms with van der Waals surface area (Å²) in [5.41, 5.74) is 3.10. The molecule has 8 heteroatoms. The van der Waals surface area contributed by atoms with E-state index >= 15 is 0 Å². The van der Waals surface area contributed by atoms with Crippen LogP contribution in [-0.2, 0) is 9.53 Å². The lowest BCUT2D eigenvalue weighted by Gasteiger charge is -2.39. The van der Waals surface area contributed by atoms with Gasteiger partial charge in [0.15, 0.2) is 11.3 Å². The van der Waals surface area contributed by atoms with Crippen LogP contribution in [0.4, 0.5) is 10.5 Å². The number of carbonyl (C=O) groups excluding carboxylic acids is 3. The number of benzene rings is 1. The number of thiazole rings is 1. The van der Waals surface area contributed by atoms with Gasteiger partial charge in [-0.2, -0.15) is 0 Å². The highest BCUT2D eigenvalue weighted by atomic mass is 32.1. The molecule has 1 aliphatic rings. The molecule has 1 aromatic heterocycles. The molecule has 0 saturated carbocycles. The number of aldehydes is 1. The van der Waals surface area contributed by atoms with Crippen LogP contribution in [0.3, 0.4) is 0 Å². The molecule has 1 aromatic carbocycles. The molecule has 2 amide bonds. The molecule has 1 aliphatic heterocycles. The number of aromatic nitrogens is 1. The van der Waals surface area contributed by atoms with Gasteiger partial charge in [-0.15, -0.1) is 11.3 Å². The van der Waals surface area contributed by atoms with Crippen LogP contribution in [0.15, 0.2) is 23.6 Å². The van der Waals surface area contributed by atoms with Crippen molar-refractivity contribution >= 4 is 35.3 Å². The van der Waals surface area contributed by atoms with Gasteiger partial charge in [0, 0.05) is 29.6 Å². The zero-order valence-corrected chi connectivity index (χ0v) is 17.1. The van der Waals surface area contributed by atoms with E-state index in [2.05, 4.69) is 10.3 Å². The van der Waals surface area contributed by atoms with E-state index in [1.54, 1.807) is 18.7 Å². The smallest absolute Gasteiger partial charge is 0.407 e. The van der Waals surface area contributed by atoms with Crippen molar-refractivity contribution < 1.29 is 19.1 Å². The number of nitrogens with zero attached hydrogens (tertiary/aromatic N) is 2. The van der Waals surface area contributed by atoms with Crippen LogP contribution in [0, 0.1) is 0 Å². The first kappa shape index (κ1) is 20.0. The third kappa shape index (κ3) is 4.06. The number of hydrogen-bond donors (Lipinski definition) is 1. The molecule has 2 aromatic rings. The highest BCUT2D eigenvalue weighted by molar-refractivity contribution is 7.11. The summed E-state index contributed by atoms with van der Waals surface area (Å²) in [4.78, 5) is 41.4. The molecule has 2 heterocycles. The maximum Gasteiger partial charge on any atom is 0.407 e. The van der Waals surface area contributed by atoms with Gasteiger partial charge in [-0.05, 0) is 44.9 Å². The van der Waals surface area contributed by atoms with Crippen molar-refractivity contribution in [1.82, 2.24) is 10.3 Å². The average Bonchev–Trinajstić information content (AvgIpc) is 3.09. The van der Waals surface area contributed by atoms with Crippen molar-refractivity contribution in [2.75, 3.05) is 4.90 Å². The molecular formula is C20H23N3O4S. The van der Waals surface area contributed by atoms with Gasteiger partial charge in [0.05, 0.1) is 17.8 Å². The Hall–Kier alpha value is -2.74. The van der Waals surface area contributed by atoms with Crippen LogP contribution in [0.2, 0.25) is 0 Å². The van der Waals surface area contributed by atoms with Gasteiger partial charge >= 0.3 is 6.09 Å². The molecule has 7 nitrogen and oxygen atoms in total. The first-order valence-electron chi connectivity index (χ1n) is 9.12. The molecule has 0 bridgehead atoms. The standard InChI is InChI=1S/C20H23N3O4S/c1-11(2)27-20(26)22-16-7-12(3)23(13(4)25)18-6-5-14(8-15(16)18)17-10-28-19(9-24)21-17/h5-6,8-12,16H,7H2,1-4H3,(H,22,26)/t12-,16?/m1/s1. The molecule has 0 saturated heterocycles. The van der Waals surface area contributed by atoms with E-state index < -0.39 is 6.09 Å². The fourth-order valence-corrected chi connectivity index (χ4v) is 4.13. The van der Waals surface area contributed by atoms with Gasteiger partial charge in [-0.25, -0.2) is 9.78 Å². The number of rotatable bonds is 4. The van der Waals surface area contributed by atoms with E-state index in [0.29, 0.717) is 17.1 Å². The van der Waals surface area contributed by atoms with E-state index in [-0.39, 0.29) is 24.1 Å². The van der Waals surface area contributed by atoms with Crippen molar-refractivity contribution in [2.24, 2.45) is 0 Å². The molecule has 28 heavy (non-hydrogen) atoms. The molecule has 0 radical (unpaired) electrons. The summed E-state index contributed by atoms with van der Waals surface area (Å²) in [6.07, 6.45) is 0.576. The van der Waals surface area contributed by atoms with Crippen LogP contribution in [0.5, 0.6) is 0 Å². The highest BCUT2D eigenvalue weighted by Crippen LogP contribution is 2.39. The third-order valence-corrected chi connectivity index (χ3v) is 5.34. The lowest BCUT2D eigenvalue weighted by molar-refractivity contribution is -0.117. The minimum Gasteiger partial charge on any atom is -0.447 e. The lowest BCUT2D eigenvalue weighted by atomic mass is 9.90. The summed E-state index contributed by atoms with van der Waals surface area (Å²) < 4.78 is 5.23. The van der Waals surface area contributed by atoms with Gasteiger partial charge in [-0.3, -0.25) is 9.59 Å². The summed E-state index contributed by atoms with van der Waals surface area (Å²) in [5, 5.41) is 5.14. The summed E-state index contributed by atoms with van der Waals surface area (Å²) in [5.74, 6) is -0.0541. The molecule has 148 valence electrons. The Morgan fingerprint density at radius 2 is 2.14 bits per heavy atom. The van der Waals surface area contributed by atoms with E-state index in [1.165, 1.54) is 18.3 Å². The maximum atomic E-state index is 12.2. The molecule has 0 fully saturated rings. The molecular weight excluding hydrogens is 378 g/mol. The van der Waals surface area contributed by atoms with Crippen LogP contribution in [-0.4, -0.2) is 35.4 Å². The largest absolute Gasteiger partial charge is 0.447 e. The number of alkyl carbamates (subject to hydrolysis) is 1. The number of fused-ring (bicyclic) bond motifs is 1. The number of ether oxygens (including phenoxy) is 1. The zero-order chi connectivity index (χ0) is 20.4. The number of nitrogens with one attached hydrogen (secondary N) is 1. The van der Waals surface area contributed by atoms with Crippen molar-refractivity contribution in [3.8, 4) is 11.3 Å². The number of anilines is 1. The van der Waals surface area contributed by atoms with Crippen molar-refractivity contribution in [3.05, 3.63) is 34.2 Å². The van der Waals surface area contributed by atoms with Crippen LogP contribution >= 0.6 is 11.3 Å². The maximum absolute atomic E-state index is 12.2. The average molecular weight is 401 g/mol. The summed E-state index contributed by atoms with van der Waals surface area (Å²) >= 11 is 1.27. The fraction of sp³-hybridized carbons (Fsp3) is 0.400. The summed E-state index contributed by atoms with van der Waals surface area (Å²) in [6.45, 7) is 7.07. The predicted molar refractivity (Wildman–Crippen MR) is 108 cm³/mol. The second-order valence-corrected chi connectivity index (χ2v) is 7.98. The lowest BCUT2D eigenvalue weighted by Crippen LogP contribution is -2.45. The topological polar surface area (TPSA) is 88.6 Å². The summed E-state index contributed by atoms with van der Waals surface area (Å²) in [6, 6.07) is 5.29. The normalized spacial score (nSPS) is 18.5. The van der Waals surface area contributed by atoms with E-state index in [4.69, 9.17) is 4.74 Å². The van der Waals surface area contributed by atoms with Gasteiger partial charge in [-0.1, -0.05) is 6.07 Å². The minimum atomic E-state index is -0.489. The Labute approximate surface area is 167 Å². The number of carbonyl (C=O) groups is 3. The van der Waals surface area contributed by atoms with Crippen LogP contribution in [0.25, 0.3) is 11.3 Å². The quantitative estimate of drug-likeness (QED) is 0.784. The zero-order valence-electron chi connectivity index (χ0n) is 16.3. The van der Waals surface area contributed by atoms with Crippen molar-refractivity contribution in [1.29, 1.82) is 0 Å². The van der Waals surface area contributed by atoms with E-state index in [9.17, 15) is 14.4 Å². The van der Waals surface area contributed by atoms with E-state index in [1.807, 2.05) is 30.5 Å². The predicted octanol–water partition coefficient (Wildman–Crippen LogP) is 3.94. The monoisotopic (exact) mass is 401 g/mol. The Bertz CT molecular complexity index is 909. The first-order valence-corrected chi connectivity index (χ1v) is 10.00. The highest BCUT2D eigenvalue weighted by Gasteiger charge is 2.34. The van der Waals surface area contributed by atoms with Crippen LogP contribution in [0.1, 0.15) is 55.5 Å². The molecule has 1 unspecified atom stereocenters. The Balaban J connectivity index is 2.01. The number of hydrogen-bond acceptors (Lipinski definition) is 6. The Morgan fingerprint density at radius 3 is 2.75 bits per heavy atom. The Kier molecular flexibility index (Phi) is 5.79. The molecule has 3 rings (SSSR count). The first-order chi connectivity index (χ1) is 13.3. The molecule has 2 atom stereocenters. The Morgan fingerprint density at radius 1 is 1.39 bits per heavy atom. The van der Waals surface area contributed by atoms with E-state index in [0.717, 1.165) is 23.1 Å². The van der Waals surface area contributed by atoms with Gasteiger partial charge < -0.3 is 15.0 Å². The molecule has 1 N–H and O–H groups in total. The second-order valence-electron chi connectivity index (χ2n) is 7.09. The minimum absolute atomic E-state index is 0.0541. The number of amides is 2. The fourth-order valence-electron chi connectivity index (χ4n) is 3.50. The SMILES string of the molecule is CC(=O)N1c2ccc(-c3csc(C=O)n3)cc2C(NC(=O)OC(C)C)C[C@H]1C. The van der Waals surface area contributed by atoms with Gasteiger partial charge in [0.2, 0.25) is 5.91 Å². The van der Waals surface area contributed by atoms with Crippen molar-refractivity contribution in [3.63, 3.8) is 0 Å².